The smallest absolute Gasteiger partial charge is 0.158 e. The lowest BCUT2D eigenvalue weighted by Gasteiger charge is -2.13. The largest absolute Gasteiger partial charge is 0.382 e. The summed E-state index contributed by atoms with van der Waals surface area (Å²) in [6, 6.07) is 7.88. The SMILES string of the molecule is Nc1n[nH]c2nc(-c3cccc(Cl)c3)c3c(c12)CCCCC3. The topological polar surface area (TPSA) is 67.6 Å². The number of nitrogens with one attached hydrogen (secondary N) is 1. The number of aryl methyl sites for hydroxylation is 1. The van der Waals surface area contributed by atoms with Crippen LogP contribution in [0.3, 0.4) is 0 Å². The number of nitrogens with two attached hydrogens (primary N) is 1. The molecular weight excluding hydrogens is 296 g/mol. The minimum atomic E-state index is 0.554. The normalized spacial score (nSPS) is 14.8. The zero-order chi connectivity index (χ0) is 15.1. The highest BCUT2D eigenvalue weighted by Crippen LogP contribution is 2.36. The molecule has 2 aromatic heterocycles. The molecule has 22 heavy (non-hydrogen) atoms. The summed E-state index contributed by atoms with van der Waals surface area (Å²) in [6.45, 7) is 0. The summed E-state index contributed by atoms with van der Waals surface area (Å²) in [4.78, 5) is 4.81. The zero-order valence-electron chi connectivity index (χ0n) is 12.2. The molecule has 0 fully saturated rings. The second kappa shape index (κ2) is 5.29. The summed E-state index contributed by atoms with van der Waals surface area (Å²) in [5.74, 6) is 0.554. The molecule has 0 spiro atoms. The number of nitrogen functional groups attached to an aromatic ring is 1. The summed E-state index contributed by atoms with van der Waals surface area (Å²) in [6.07, 6.45) is 5.68. The third-order valence-electron chi connectivity index (χ3n) is 4.40. The molecule has 2 heterocycles. The fraction of sp³-hybridized carbons (Fsp3) is 0.294. The lowest BCUT2D eigenvalue weighted by molar-refractivity contribution is 0.712. The highest BCUT2D eigenvalue weighted by molar-refractivity contribution is 6.30. The lowest BCUT2D eigenvalue weighted by Crippen LogP contribution is -2.01. The van der Waals surface area contributed by atoms with Crippen molar-refractivity contribution in [1.29, 1.82) is 0 Å². The molecule has 3 N–H and O–H groups in total. The predicted molar refractivity (Wildman–Crippen MR) is 90.0 cm³/mol. The van der Waals surface area contributed by atoms with Crippen LogP contribution in [0.1, 0.15) is 30.4 Å². The summed E-state index contributed by atoms with van der Waals surface area (Å²) in [7, 11) is 0. The van der Waals surface area contributed by atoms with E-state index in [1.807, 2.05) is 18.2 Å². The number of anilines is 1. The van der Waals surface area contributed by atoms with Gasteiger partial charge in [-0.15, -0.1) is 0 Å². The third-order valence-corrected chi connectivity index (χ3v) is 4.64. The van der Waals surface area contributed by atoms with E-state index in [1.54, 1.807) is 0 Å². The van der Waals surface area contributed by atoms with E-state index < -0.39 is 0 Å². The first-order chi connectivity index (χ1) is 10.7. The molecule has 0 amide bonds. The quantitative estimate of drug-likeness (QED) is 0.664. The van der Waals surface area contributed by atoms with E-state index in [4.69, 9.17) is 22.3 Å². The first-order valence-electron chi connectivity index (χ1n) is 7.65. The molecule has 4 nitrogen and oxygen atoms in total. The Labute approximate surface area is 133 Å². The summed E-state index contributed by atoms with van der Waals surface area (Å²) < 4.78 is 0. The zero-order valence-corrected chi connectivity index (χ0v) is 13.0. The van der Waals surface area contributed by atoms with Gasteiger partial charge >= 0.3 is 0 Å². The highest BCUT2D eigenvalue weighted by Gasteiger charge is 2.21. The number of hydrogen-bond acceptors (Lipinski definition) is 3. The second-order valence-electron chi connectivity index (χ2n) is 5.82. The summed E-state index contributed by atoms with van der Waals surface area (Å²) in [5.41, 5.74) is 11.5. The third kappa shape index (κ3) is 2.15. The van der Waals surface area contributed by atoms with Crippen molar-refractivity contribution in [3.05, 3.63) is 40.4 Å². The maximum absolute atomic E-state index is 6.16. The van der Waals surface area contributed by atoms with E-state index in [0.29, 0.717) is 5.82 Å². The molecule has 0 saturated heterocycles. The highest BCUT2D eigenvalue weighted by atomic mass is 35.5. The Bertz CT molecular complexity index is 853. The number of benzene rings is 1. The van der Waals surface area contributed by atoms with E-state index in [-0.39, 0.29) is 0 Å². The van der Waals surface area contributed by atoms with Crippen molar-refractivity contribution < 1.29 is 0 Å². The van der Waals surface area contributed by atoms with Gasteiger partial charge in [-0.25, -0.2) is 4.98 Å². The van der Waals surface area contributed by atoms with Crippen LogP contribution in [0, 0.1) is 0 Å². The average Bonchev–Trinajstić information content (AvgIpc) is 2.73. The molecule has 0 atom stereocenters. The Hall–Kier alpha value is -2.07. The van der Waals surface area contributed by atoms with Crippen LogP contribution < -0.4 is 5.73 Å². The van der Waals surface area contributed by atoms with Crippen molar-refractivity contribution in [3.8, 4) is 11.3 Å². The first-order valence-corrected chi connectivity index (χ1v) is 8.03. The van der Waals surface area contributed by atoms with E-state index in [2.05, 4.69) is 16.3 Å². The number of hydrogen-bond donors (Lipinski definition) is 2. The van der Waals surface area contributed by atoms with E-state index in [9.17, 15) is 0 Å². The van der Waals surface area contributed by atoms with Gasteiger partial charge in [0.1, 0.15) is 0 Å². The van der Waals surface area contributed by atoms with Gasteiger partial charge in [0.05, 0.1) is 11.1 Å². The molecule has 0 bridgehead atoms. The van der Waals surface area contributed by atoms with Crippen LogP contribution in [0.2, 0.25) is 5.02 Å². The minimum absolute atomic E-state index is 0.554. The number of fused-ring (bicyclic) bond motifs is 3. The van der Waals surface area contributed by atoms with Crippen LogP contribution >= 0.6 is 11.6 Å². The number of rotatable bonds is 1. The van der Waals surface area contributed by atoms with Crippen molar-refractivity contribution in [2.24, 2.45) is 0 Å². The molecule has 1 aliphatic rings. The molecule has 4 rings (SSSR count). The van der Waals surface area contributed by atoms with Gasteiger partial charge in [0.15, 0.2) is 11.5 Å². The van der Waals surface area contributed by atoms with Crippen molar-refractivity contribution >= 4 is 28.5 Å². The van der Waals surface area contributed by atoms with Gasteiger partial charge in [-0.2, -0.15) is 5.10 Å². The van der Waals surface area contributed by atoms with E-state index in [1.165, 1.54) is 30.4 Å². The van der Waals surface area contributed by atoms with Crippen molar-refractivity contribution in [1.82, 2.24) is 15.2 Å². The lowest BCUT2D eigenvalue weighted by atomic mass is 9.95. The van der Waals surface area contributed by atoms with Gasteiger partial charge in [-0.1, -0.05) is 30.2 Å². The Morgan fingerprint density at radius 2 is 1.91 bits per heavy atom. The number of H-pyrrole nitrogens is 1. The Morgan fingerprint density at radius 3 is 2.73 bits per heavy atom. The molecule has 0 saturated carbocycles. The van der Waals surface area contributed by atoms with Crippen LogP contribution in [0.25, 0.3) is 22.3 Å². The van der Waals surface area contributed by atoms with E-state index in [0.717, 1.165) is 40.2 Å². The van der Waals surface area contributed by atoms with Gasteiger partial charge in [0.25, 0.3) is 0 Å². The number of aromatic nitrogens is 3. The average molecular weight is 313 g/mol. The number of halogens is 1. The first kappa shape index (κ1) is 13.6. The number of nitrogens with zero attached hydrogens (tertiary/aromatic N) is 2. The van der Waals surface area contributed by atoms with E-state index >= 15 is 0 Å². The molecule has 3 aromatic rings. The van der Waals surface area contributed by atoms with Crippen LogP contribution in [-0.2, 0) is 12.8 Å². The van der Waals surface area contributed by atoms with Gasteiger partial charge in [0, 0.05) is 10.6 Å². The molecule has 112 valence electrons. The molecule has 1 aliphatic carbocycles. The van der Waals surface area contributed by atoms with Crippen LogP contribution in [0.15, 0.2) is 24.3 Å². The Balaban J connectivity index is 2.04. The van der Waals surface area contributed by atoms with Crippen LogP contribution in [0.5, 0.6) is 0 Å². The maximum Gasteiger partial charge on any atom is 0.158 e. The molecule has 0 radical (unpaired) electrons. The standard InChI is InChI=1S/C17H17ClN4/c18-11-6-4-5-10(9-11)15-13-8-3-1-2-7-12(13)14-16(19)21-22-17(14)20-15/h4-6,9H,1-3,7-8H2,(H3,19,20,21,22). The molecule has 0 unspecified atom stereocenters. The van der Waals surface area contributed by atoms with Gasteiger partial charge in [-0.05, 0) is 48.9 Å². The molecule has 0 aliphatic heterocycles. The Morgan fingerprint density at radius 1 is 1.09 bits per heavy atom. The summed E-state index contributed by atoms with van der Waals surface area (Å²) >= 11 is 6.16. The number of pyridine rings is 1. The second-order valence-corrected chi connectivity index (χ2v) is 6.26. The Kier molecular flexibility index (Phi) is 3.26. The van der Waals surface area contributed by atoms with Crippen molar-refractivity contribution in [2.45, 2.75) is 32.1 Å². The predicted octanol–water partition coefficient (Wildman–Crippen LogP) is 4.13. The molecule has 5 heteroatoms. The van der Waals surface area contributed by atoms with Gasteiger partial charge < -0.3 is 5.73 Å². The van der Waals surface area contributed by atoms with Crippen molar-refractivity contribution in [3.63, 3.8) is 0 Å². The van der Waals surface area contributed by atoms with Crippen molar-refractivity contribution in [2.75, 3.05) is 5.73 Å². The van der Waals surface area contributed by atoms with Gasteiger partial charge in [0.2, 0.25) is 0 Å². The fourth-order valence-corrected chi connectivity index (χ4v) is 3.59. The van der Waals surface area contributed by atoms with Gasteiger partial charge in [-0.3, -0.25) is 5.10 Å². The minimum Gasteiger partial charge on any atom is -0.382 e. The monoisotopic (exact) mass is 312 g/mol. The van der Waals surface area contributed by atoms with Crippen LogP contribution in [0.4, 0.5) is 5.82 Å². The fourth-order valence-electron chi connectivity index (χ4n) is 3.40. The molecule has 1 aromatic carbocycles. The van der Waals surface area contributed by atoms with Crippen LogP contribution in [-0.4, -0.2) is 15.2 Å². The maximum atomic E-state index is 6.16. The summed E-state index contributed by atoms with van der Waals surface area (Å²) in [5, 5.41) is 8.85. The number of aromatic amines is 1. The molecular formula is C17H17ClN4.